The lowest BCUT2D eigenvalue weighted by Gasteiger charge is -2.15. The summed E-state index contributed by atoms with van der Waals surface area (Å²) in [5.74, 6) is -1.10. The molecule has 0 bridgehead atoms. The van der Waals surface area contributed by atoms with Crippen molar-refractivity contribution in [2.75, 3.05) is 13.3 Å². The standard InChI is InChI=1S/C16H22FNO4/c1-11(19)15(18)7-4-13(16(20)21)10-12-2-5-14(6-3-12)22-9-8-17/h2-3,5-6,13,15H,4,7-10,18H2,1H3,(H,20,21)/i17-1. The molecule has 3 N–H and O–H groups in total. The van der Waals surface area contributed by atoms with Crippen molar-refractivity contribution in [2.45, 2.75) is 32.2 Å². The van der Waals surface area contributed by atoms with E-state index in [1.54, 1.807) is 24.3 Å². The van der Waals surface area contributed by atoms with Crippen molar-refractivity contribution in [3.8, 4) is 5.75 Å². The number of ketones is 1. The molecule has 6 heteroatoms. The smallest absolute Gasteiger partial charge is 0.306 e. The summed E-state index contributed by atoms with van der Waals surface area (Å²) in [6.45, 7) is 0.843. The lowest BCUT2D eigenvalue weighted by atomic mass is 9.92. The molecule has 0 spiro atoms. The molecular formula is C16H22FNO4. The zero-order valence-electron chi connectivity index (χ0n) is 12.6. The number of aliphatic carboxylic acids is 1. The second-order valence-corrected chi connectivity index (χ2v) is 5.22. The molecule has 0 aliphatic rings. The monoisotopic (exact) mass is 310 g/mol. The van der Waals surface area contributed by atoms with Gasteiger partial charge < -0.3 is 15.6 Å². The minimum Gasteiger partial charge on any atom is -0.491 e. The molecule has 0 fully saturated rings. The van der Waals surface area contributed by atoms with Crippen LogP contribution in [-0.4, -0.2) is 36.2 Å². The van der Waals surface area contributed by atoms with Crippen LogP contribution in [0.4, 0.5) is 4.39 Å². The number of carboxylic acids is 1. The first-order valence-electron chi connectivity index (χ1n) is 7.20. The van der Waals surface area contributed by atoms with E-state index in [1.807, 2.05) is 0 Å². The van der Waals surface area contributed by atoms with Crippen molar-refractivity contribution in [2.24, 2.45) is 11.7 Å². The van der Waals surface area contributed by atoms with Crippen molar-refractivity contribution in [1.82, 2.24) is 0 Å². The second-order valence-electron chi connectivity index (χ2n) is 5.22. The van der Waals surface area contributed by atoms with E-state index >= 15 is 0 Å². The molecule has 2 unspecified atom stereocenters. The van der Waals surface area contributed by atoms with Crippen molar-refractivity contribution in [1.29, 1.82) is 0 Å². The van der Waals surface area contributed by atoms with E-state index in [4.69, 9.17) is 10.5 Å². The highest BCUT2D eigenvalue weighted by Gasteiger charge is 2.20. The summed E-state index contributed by atoms with van der Waals surface area (Å²) >= 11 is 0. The summed E-state index contributed by atoms with van der Waals surface area (Å²) < 4.78 is 17.1. The Hall–Kier alpha value is -1.95. The van der Waals surface area contributed by atoms with Crippen LogP contribution in [0, 0.1) is 5.92 Å². The van der Waals surface area contributed by atoms with E-state index in [0.29, 0.717) is 25.0 Å². The molecule has 122 valence electrons. The molecule has 0 aromatic heterocycles. The third-order valence-electron chi connectivity index (χ3n) is 3.45. The van der Waals surface area contributed by atoms with Crippen LogP contribution in [0.3, 0.4) is 0 Å². The quantitative estimate of drug-likeness (QED) is 0.689. The zero-order valence-corrected chi connectivity index (χ0v) is 12.6. The number of ether oxygens (including phenoxy) is 1. The molecule has 1 aromatic rings. The van der Waals surface area contributed by atoms with Crippen LogP contribution in [0.1, 0.15) is 25.3 Å². The number of nitrogens with two attached hydrogens (primary N) is 1. The largest absolute Gasteiger partial charge is 0.491 e. The van der Waals surface area contributed by atoms with Gasteiger partial charge in [-0.1, -0.05) is 12.1 Å². The van der Waals surface area contributed by atoms with Gasteiger partial charge in [0, 0.05) is 0 Å². The molecule has 0 radical (unpaired) electrons. The van der Waals surface area contributed by atoms with Crippen LogP contribution in [0.5, 0.6) is 5.75 Å². The first kappa shape index (κ1) is 18.1. The number of hydrogen-bond donors (Lipinski definition) is 2. The van der Waals surface area contributed by atoms with E-state index in [1.165, 1.54) is 6.92 Å². The molecule has 1 rings (SSSR count). The Labute approximate surface area is 129 Å². The number of carbonyl (C=O) groups is 2. The molecule has 0 aliphatic heterocycles. The van der Waals surface area contributed by atoms with Crippen LogP contribution >= 0.6 is 0 Å². The van der Waals surface area contributed by atoms with Crippen molar-refractivity contribution >= 4 is 11.8 Å². The van der Waals surface area contributed by atoms with Crippen molar-refractivity contribution in [3.63, 3.8) is 0 Å². The third kappa shape index (κ3) is 6.22. The highest BCUT2D eigenvalue weighted by Crippen LogP contribution is 2.19. The SMILES string of the molecule is CC(=O)C(N)CCC(Cc1ccc(OCC[18F])cc1)C(=O)O. The summed E-state index contributed by atoms with van der Waals surface area (Å²) in [5, 5.41) is 9.26. The van der Waals surface area contributed by atoms with Gasteiger partial charge in [-0.25, -0.2) is 4.39 Å². The highest BCUT2D eigenvalue weighted by molar-refractivity contribution is 5.81. The Bertz CT molecular complexity index is 489. The Morgan fingerprint density at radius 1 is 1.27 bits per heavy atom. The summed E-state index contributed by atoms with van der Waals surface area (Å²) in [5.41, 5.74) is 6.48. The number of carboxylic acid groups (broad SMARTS) is 1. The fourth-order valence-electron chi connectivity index (χ4n) is 2.06. The Morgan fingerprint density at radius 3 is 2.41 bits per heavy atom. The average Bonchev–Trinajstić information content (AvgIpc) is 2.49. The maximum atomic E-state index is 12.0. The molecule has 0 heterocycles. The molecule has 22 heavy (non-hydrogen) atoms. The fourth-order valence-corrected chi connectivity index (χ4v) is 2.06. The van der Waals surface area contributed by atoms with Crippen LogP contribution in [0.15, 0.2) is 24.3 Å². The Balaban J connectivity index is 2.59. The first-order valence-corrected chi connectivity index (χ1v) is 7.20. The van der Waals surface area contributed by atoms with Gasteiger partial charge in [0.1, 0.15) is 24.8 Å². The van der Waals surface area contributed by atoms with Gasteiger partial charge in [-0.15, -0.1) is 0 Å². The maximum absolute atomic E-state index is 12.0. The number of alkyl halides is 1. The summed E-state index contributed by atoms with van der Waals surface area (Å²) in [6.07, 6.45) is 1.05. The number of Topliss-reactive ketones (excluding diaryl/α,β-unsaturated/α-hetero) is 1. The van der Waals surface area contributed by atoms with Crippen molar-refractivity contribution in [3.05, 3.63) is 29.8 Å². The number of rotatable bonds is 10. The molecule has 0 saturated heterocycles. The molecule has 0 aliphatic carbocycles. The molecule has 1 aromatic carbocycles. The van der Waals surface area contributed by atoms with E-state index in [2.05, 4.69) is 0 Å². The van der Waals surface area contributed by atoms with Crippen LogP contribution in [0.2, 0.25) is 0 Å². The van der Waals surface area contributed by atoms with Gasteiger partial charge in [0.05, 0.1) is 12.0 Å². The Morgan fingerprint density at radius 2 is 1.91 bits per heavy atom. The number of hydrogen-bond acceptors (Lipinski definition) is 4. The minimum absolute atomic E-state index is 0.0000321. The lowest BCUT2D eigenvalue weighted by molar-refractivity contribution is -0.142. The highest BCUT2D eigenvalue weighted by atomic mass is 18.2. The second kappa shape index (κ2) is 9.15. The normalized spacial score (nSPS) is 13.4. The van der Waals surface area contributed by atoms with Crippen LogP contribution < -0.4 is 10.5 Å². The van der Waals surface area contributed by atoms with E-state index in [0.717, 1.165) is 5.56 Å². The Kier molecular flexibility index (Phi) is 7.52. The fraction of sp³-hybridized carbons (Fsp3) is 0.500. The van der Waals surface area contributed by atoms with Crippen molar-refractivity contribution < 1.29 is 23.8 Å². The molecule has 0 saturated carbocycles. The van der Waals surface area contributed by atoms with Gasteiger partial charge in [0.15, 0.2) is 0 Å². The first-order chi connectivity index (χ1) is 10.4. The predicted octanol–water partition coefficient (Wildman–Crippen LogP) is 1.97. The minimum atomic E-state index is -0.909. The third-order valence-corrected chi connectivity index (χ3v) is 3.45. The van der Waals surface area contributed by atoms with Crippen LogP contribution in [-0.2, 0) is 16.0 Å². The lowest BCUT2D eigenvalue weighted by Crippen LogP contribution is -2.30. The molecule has 5 nitrogen and oxygen atoms in total. The molecular weight excluding hydrogens is 288 g/mol. The van der Waals surface area contributed by atoms with Gasteiger partial charge in [-0.3, -0.25) is 9.59 Å². The summed E-state index contributed by atoms with van der Waals surface area (Å²) in [6, 6.07) is 6.28. The van der Waals surface area contributed by atoms with Crippen LogP contribution in [0.25, 0.3) is 0 Å². The zero-order chi connectivity index (χ0) is 16.5. The topological polar surface area (TPSA) is 89.6 Å². The summed E-state index contributed by atoms with van der Waals surface area (Å²) in [4.78, 5) is 22.4. The summed E-state index contributed by atoms with van der Waals surface area (Å²) in [7, 11) is 0. The number of carbonyl (C=O) groups excluding carboxylic acids is 1. The number of benzene rings is 1. The van der Waals surface area contributed by atoms with E-state index < -0.39 is 24.6 Å². The molecule has 0 amide bonds. The van der Waals surface area contributed by atoms with Gasteiger partial charge in [-0.2, -0.15) is 0 Å². The number of halogens is 1. The predicted molar refractivity (Wildman–Crippen MR) is 80.6 cm³/mol. The van der Waals surface area contributed by atoms with Gasteiger partial charge in [0.25, 0.3) is 0 Å². The van der Waals surface area contributed by atoms with Gasteiger partial charge >= 0.3 is 5.97 Å². The van der Waals surface area contributed by atoms with Gasteiger partial charge in [-0.05, 0) is 43.9 Å². The maximum Gasteiger partial charge on any atom is 0.306 e. The average molecular weight is 310 g/mol. The van der Waals surface area contributed by atoms with E-state index in [-0.39, 0.29) is 12.4 Å². The van der Waals surface area contributed by atoms with E-state index in [9.17, 15) is 19.1 Å². The van der Waals surface area contributed by atoms with Gasteiger partial charge in [0.2, 0.25) is 0 Å². The molecule has 2 atom stereocenters.